The van der Waals surface area contributed by atoms with Gasteiger partial charge in [0.05, 0.1) is 5.69 Å². The quantitative estimate of drug-likeness (QED) is 0.523. The Balaban J connectivity index is 1.81. The van der Waals surface area contributed by atoms with Crippen LogP contribution in [-0.4, -0.2) is 17.8 Å². The third-order valence-electron chi connectivity index (χ3n) is 4.55. The van der Waals surface area contributed by atoms with Gasteiger partial charge in [-0.1, -0.05) is 67.1 Å². The van der Waals surface area contributed by atoms with Gasteiger partial charge in [0.25, 0.3) is 5.91 Å². The molecule has 29 heavy (non-hydrogen) atoms. The van der Waals surface area contributed by atoms with Crippen LogP contribution in [0.1, 0.15) is 35.3 Å². The van der Waals surface area contributed by atoms with Gasteiger partial charge in [-0.2, -0.15) is 0 Å². The molecule has 0 radical (unpaired) electrons. The van der Waals surface area contributed by atoms with Crippen LogP contribution in [0.3, 0.4) is 0 Å². The molecule has 0 spiro atoms. The molecule has 0 aromatic heterocycles. The Bertz CT molecular complexity index is 1020. The molecule has 0 aliphatic rings. The summed E-state index contributed by atoms with van der Waals surface area (Å²) in [6.45, 7) is 3.71. The normalized spacial score (nSPS) is 11.6. The smallest absolute Gasteiger partial charge is 0.265 e. The lowest BCUT2D eigenvalue weighted by molar-refractivity contribution is -0.122. The third kappa shape index (κ3) is 5.04. The van der Waals surface area contributed by atoms with E-state index >= 15 is 0 Å². The van der Waals surface area contributed by atoms with Gasteiger partial charge in [-0.15, -0.1) is 0 Å². The van der Waals surface area contributed by atoms with Gasteiger partial charge >= 0.3 is 0 Å². The van der Waals surface area contributed by atoms with Crippen LogP contribution in [0.2, 0.25) is 5.02 Å². The lowest BCUT2D eigenvalue weighted by Gasteiger charge is -2.18. The lowest BCUT2D eigenvalue weighted by Crippen LogP contribution is -2.31. The summed E-state index contributed by atoms with van der Waals surface area (Å²) in [5.74, 6) is 0.114. The fourth-order valence-corrected chi connectivity index (χ4v) is 3.12. The largest absolute Gasteiger partial charge is 0.481 e. The minimum Gasteiger partial charge on any atom is -0.481 e. The van der Waals surface area contributed by atoms with Crippen LogP contribution < -0.4 is 10.1 Å². The molecule has 1 atom stereocenters. The number of hydrogen-bond acceptors (Lipinski definition) is 3. The molecule has 0 heterocycles. The topological polar surface area (TPSA) is 55.4 Å². The van der Waals surface area contributed by atoms with Crippen LogP contribution >= 0.6 is 11.6 Å². The molecule has 0 bridgehead atoms. The first kappa shape index (κ1) is 20.6. The fraction of sp³-hybridized carbons (Fsp3) is 0.167. The van der Waals surface area contributed by atoms with Crippen LogP contribution in [0.25, 0.3) is 0 Å². The van der Waals surface area contributed by atoms with E-state index in [0.717, 1.165) is 12.0 Å². The van der Waals surface area contributed by atoms with E-state index in [2.05, 4.69) is 5.32 Å². The zero-order chi connectivity index (χ0) is 20.8. The number of ether oxygens (including phenoxy) is 1. The number of carbonyl (C=O) groups is 2. The number of anilines is 1. The second-order valence-corrected chi connectivity index (χ2v) is 7.03. The molecule has 0 aliphatic carbocycles. The summed E-state index contributed by atoms with van der Waals surface area (Å²) in [6.07, 6.45) is 0.0651. The zero-order valence-electron chi connectivity index (χ0n) is 16.3. The SMILES string of the molecule is CCc1ccccc1O[C@H](C)C(=O)Nc1ccc(Cl)cc1C(=O)c1ccccc1. The predicted molar refractivity (Wildman–Crippen MR) is 116 cm³/mol. The highest BCUT2D eigenvalue weighted by Gasteiger charge is 2.20. The maximum absolute atomic E-state index is 12.9. The second-order valence-electron chi connectivity index (χ2n) is 6.60. The van der Waals surface area contributed by atoms with Gasteiger partial charge in [-0.3, -0.25) is 9.59 Å². The highest BCUT2D eigenvalue weighted by Crippen LogP contribution is 2.25. The number of hydrogen-bond donors (Lipinski definition) is 1. The molecule has 3 aromatic rings. The van der Waals surface area contributed by atoms with E-state index in [4.69, 9.17) is 16.3 Å². The van der Waals surface area contributed by atoms with Gasteiger partial charge < -0.3 is 10.1 Å². The standard InChI is InChI=1S/C24H22ClNO3/c1-3-17-9-7-8-12-22(17)29-16(2)24(28)26-21-14-13-19(25)15-20(21)23(27)18-10-5-4-6-11-18/h4-16H,3H2,1-2H3,(H,26,28)/t16-/m1/s1. The number of nitrogens with one attached hydrogen (secondary N) is 1. The number of para-hydroxylation sites is 1. The Kier molecular flexibility index (Phi) is 6.68. The Morgan fingerprint density at radius 3 is 2.41 bits per heavy atom. The van der Waals surface area contributed by atoms with Crippen molar-refractivity contribution < 1.29 is 14.3 Å². The molecule has 148 valence electrons. The summed E-state index contributed by atoms with van der Waals surface area (Å²) < 4.78 is 5.86. The average Bonchev–Trinajstić information content (AvgIpc) is 2.75. The number of amides is 1. The maximum Gasteiger partial charge on any atom is 0.265 e. The Morgan fingerprint density at radius 2 is 1.69 bits per heavy atom. The Hall–Kier alpha value is -3.11. The summed E-state index contributed by atoms with van der Waals surface area (Å²) in [5.41, 5.74) is 2.27. The number of carbonyl (C=O) groups excluding carboxylic acids is 2. The average molecular weight is 408 g/mol. The molecule has 0 saturated carbocycles. The number of ketones is 1. The maximum atomic E-state index is 12.9. The van der Waals surface area contributed by atoms with E-state index in [1.165, 1.54) is 0 Å². The van der Waals surface area contributed by atoms with Crippen molar-refractivity contribution >= 4 is 29.0 Å². The van der Waals surface area contributed by atoms with Crippen molar-refractivity contribution in [1.29, 1.82) is 0 Å². The molecule has 0 fully saturated rings. The fourth-order valence-electron chi connectivity index (χ4n) is 2.95. The predicted octanol–water partition coefficient (Wildman–Crippen LogP) is 5.54. The van der Waals surface area contributed by atoms with Crippen LogP contribution in [-0.2, 0) is 11.2 Å². The van der Waals surface area contributed by atoms with E-state index in [1.54, 1.807) is 49.4 Å². The van der Waals surface area contributed by atoms with E-state index in [0.29, 0.717) is 27.6 Å². The third-order valence-corrected chi connectivity index (χ3v) is 4.78. The van der Waals surface area contributed by atoms with Gasteiger partial charge in [0.15, 0.2) is 11.9 Å². The Morgan fingerprint density at radius 1 is 1.00 bits per heavy atom. The van der Waals surface area contributed by atoms with Gasteiger partial charge in [0, 0.05) is 16.1 Å². The van der Waals surface area contributed by atoms with Crippen LogP contribution in [0.4, 0.5) is 5.69 Å². The van der Waals surface area contributed by atoms with E-state index in [9.17, 15) is 9.59 Å². The van der Waals surface area contributed by atoms with Gasteiger partial charge in [-0.25, -0.2) is 0 Å². The summed E-state index contributed by atoms with van der Waals surface area (Å²) in [4.78, 5) is 25.6. The molecule has 1 N–H and O–H groups in total. The molecule has 5 heteroatoms. The minimum absolute atomic E-state index is 0.215. The van der Waals surface area contributed by atoms with E-state index < -0.39 is 6.10 Å². The number of aryl methyl sites for hydroxylation is 1. The lowest BCUT2D eigenvalue weighted by atomic mass is 10.0. The van der Waals surface area contributed by atoms with Crippen molar-refractivity contribution in [2.45, 2.75) is 26.4 Å². The van der Waals surface area contributed by atoms with Crippen LogP contribution in [0.5, 0.6) is 5.75 Å². The van der Waals surface area contributed by atoms with Gasteiger partial charge in [-0.05, 0) is 43.2 Å². The summed E-state index contributed by atoms with van der Waals surface area (Å²) in [6, 6.07) is 21.3. The molecule has 0 saturated heterocycles. The molecular weight excluding hydrogens is 386 g/mol. The van der Waals surface area contributed by atoms with E-state index in [-0.39, 0.29) is 11.7 Å². The van der Waals surface area contributed by atoms with Crippen LogP contribution in [0, 0.1) is 0 Å². The van der Waals surface area contributed by atoms with Crippen LogP contribution in [0.15, 0.2) is 72.8 Å². The monoisotopic (exact) mass is 407 g/mol. The summed E-state index contributed by atoms with van der Waals surface area (Å²) >= 11 is 6.10. The molecule has 0 unspecified atom stereocenters. The second kappa shape index (κ2) is 9.39. The highest BCUT2D eigenvalue weighted by molar-refractivity contribution is 6.31. The van der Waals surface area contributed by atoms with Crippen molar-refractivity contribution in [1.82, 2.24) is 0 Å². The van der Waals surface area contributed by atoms with Gasteiger partial charge in [0.1, 0.15) is 5.75 Å². The van der Waals surface area contributed by atoms with Crippen molar-refractivity contribution in [2.75, 3.05) is 5.32 Å². The summed E-state index contributed by atoms with van der Waals surface area (Å²) in [7, 11) is 0. The van der Waals surface area contributed by atoms with Crippen molar-refractivity contribution in [3.05, 3.63) is 94.5 Å². The highest BCUT2D eigenvalue weighted by atomic mass is 35.5. The van der Waals surface area contributed by atoms with Crippen molar-refractivity contribution in [3.63, 3.8) is 0 Å². The van der Waals surface area contributed by atoms with E-state index in [1.807, 2.05) is 37.3 Å². The molecule has 1 amide bonds. The van der Waals surface area contributed by atoms with Crippen molar-refractivity contribution in [3.8, 4) is 5.75 Å². The molecule has 0 aliphatic heterocycles. The number of halogens is 1. The molecule has 3 aromatic carbocycles. The first-order chi connectivity index (χ1) is 14.0. The molecular formula is C24H22ClNO3. The number of benzene rings is 3. The Labute approximate surface area is 175 Å². The van der Waals surface area contributed by atoms with Crippen molar-refractivity contribution in [2.24, 2.45) is 0 Å². The summed E-state index contributed by atoms with van der Waals surface area (Å²) in [5, 5.41) is 3.22. The number of rotatable bonds is 7. The minimum atomic E-state index is -0.738. The van der Waals surface area contributed by atoms with Gasteiger partial charge in [0.2, 0.25) is 0 Å². The first-order valence-corrected chi connectivity index (χ1v) is 9.82. The first-order valence-electron chi connectivity index (χ1n) is 9.44. The zero-order valence-corrected chi connectivity index (χ0v) is 17.1. The molecule has 4 nitrogen and oxygen atoms in total. The molecule has 3 rings (SSSR count).